The number of hydrogen-bond acceptors (Lipinski definition) is 4. The first kappa shape index (κ1) is 20.0. The summed E-state index contributed by atoms with van der Waals surface area (Å²) in [5.41, 5.74) is 0.697. The lowest BCUT2D eigenvalue weighted by atomic mass is 9.83. The molecule has 1 spiro atoms. The molecule has 0 aliphatic carbocycles. The molecule has 2 aromatic rings. The molecular weight excluding hydrogens is 369 g/mol. The van der Waals surface area contributed by atoms with E-state index in [1.807, 2.05) is 0 Å². The first-order chi connectivity index (χ1) is 13.7. The van der Waals surface area contributed by atoms with Gasteiger partial charge in [0.15, 0.2) is 5.82 Å². The molecule has 2 aliphatic heterocycles. The Bertz CT molecular complexity index is 893. The van der Waals surface area contributed by atoms with E-state index in [-0.39, 0.29) is 23.8 Å². The molecule has 156 valence electrons. The van der Waals surface area contributed by atoms with Crippen LogP contribution in [-0.2, 0) is 17.8 Å². The quantitative estimate of drug-likeness (QED) is 0.862. The molecule has 2 aliphatic rings. The van der Waals surface area contributed by atoms with Crippen LogP contribution in [0.2, 0.25) is 0 Å². The minimum atomic E-state index is -0.315. The van der Waals surface area contributed by atoms with Gasteiger partial charge in [0.05, 0.1) is 0 Å². The fraction of sp³-hybridized carbons (Fsp3) is 0.591. The van der Waals surface area contributed by atoms with Crippen LogP contribution in [-0.4, -0.2) is 50.7 Å². The number of likely N-dealkylation sites (tertiary alicyclic amines) is 1. The first-order valence-electron chi connectivity index (χ1n) is 10.4. The zero-order valence-electron chi connectivity index (χ0n) is 17.5. The van der Waals surface area contributed by atoms with Crippen molar-refractivity contribution in [1.29, 1.82) is 0 Å². The summed E-state index contributed by atoms with van der Waals surface area (Å²) >= 11 is 0. The van der Waals surface area contributed by atoms with Gasteiger partial charge in [-0.2, -0.15) is 5.10 Å². The van der Waals surface area contributed by atoms with Crippen LogP contribution in [0.15, 0.2) is 24.3 Å². The topological polar surface area (TPSA) is 63.1 Å². The summed E-state index contributed by atoms with van der Waals surface area (Å²) in [5.74, 6) is 0.935. The Kier molecular flexibility index (Phi) is 5.19. The van der Waals surface area contributed by atoms with Crippen molar-refractivity contribution in [2.24, 2.45) is 5.41 Å². The fourth-order valence-electron chi connectivity index (χ4n) is 4.20. The molecule has 0 atom stereocenters. The van der Waals surface area contributed by atoms with Gasteiger partial charge in [-0.3, -0.25) is 4.79 Å². The lowest BCUT2D eigenvalue weighted by molar-refractivity contribution is -0.123. The zero-order valence-corrected chi connectivity index (χ0v) is 17.5. The number of fused-ring (bicyclic) bond motifs is 1. The van der Waals surface area contributed by atoms with E-state index in [4.69, 9.17) is 0 Å². The van der Waals surface area contributed by atoms with Gasteiger partial charge in [0, 0.05) is 30.6 Å². The third-order valence-electron chi connectivity index (χ3n) is 6.02. The summed E-state index contributed by atoms with van der Waals surface area (Å²) in [6.07, 6.45) is 3.64. The zero-order chi connectivity index (χ0) is 20.6. The van der Waals surface area contributed by atoms with Crippen LogP contribution < -0.4 is 5.32 Å². The molecule has 0 bridgehead atoms. The maximum atomic E-state index is 13.6. The molecule has 4 rings (SSSR count). The fourth-order valence-corrected chi connectivity index (χ4v) is 4.20. The average molecular weight is 400 g/mol. The second kappa shape index (κ2) is 7.52. The molecule has 1 N–H and O–H groups in total. The number of piperidine rings is 1. The summed E-state index contributed by atoms with van der Waals surface area (Å²) in [5, 5.41) is 7.75. The third kappa shape index (κ3) is 4.66. The highest BCUT2D eigenvalue weighted by molar-refractivity contribution is 5.77. The minimum Gasteiger partial charge on any atom is -0.349 e. The molecular formula is C22H30FN5O. The van der Waals surface area contributed by atoms with Crippen LogP contribution in [0.4, 0.5) is 4.39 Å². The van der Waals surface area contributed by atoms with Crippen molar-refractivity contribution >= 4 is 5.91 Å². The minimum absolute atomic E-state index is 0.0254. The van der Waals surface area contributed by atoms with E-state index in [0.29, 0.717) is 23.2 Å². The van der Waals surface area contributed by atoms with E-state index in [9.17, 15) is 9.18 Å². The highest BCUT2D eigenvalue weighted by atomic mass is 19.1. The molecule has 0 radical (unpaired) electrons. The van der Waals surface area contributed by atoms with Gasteiger partial charge in [-0.25, -0.2) is 14.1 Å². The number of nitrogens with one attached hydrogen (secondary N) is 1. The molecule has 1 fully saturated rings. The van der Waals surface area contributed by atoms with Crippen LogP contribution in [0.25, 0.3) is 11.4 Å². The predicted molar refractivity (Wildman–Crippen MR) is 110 cm³/mol. The normalized spacial score (nSPS) is 19.7. The number of carbonyl (C=O) groups is 1. The Labute approximate surface area is 171 Å². The maximum absolute atomic E-state index is 13.6. The molecule has 7 heteroatoms. The SMILES string of the molecule is CC(C)(C)CCN1CCC2(CC1)Cc1nc(-c3cccc(F)c3)nn1CC(=O)N2. The van der Waals surface area contributed by atoms with Crippen LogP contribution in [0.3, 0.4) is 0 Å². The van der Waals surface area contributed by atoms with Gasteiger partial charge < -0.3 is 10.2 Å². The standard InChI is InChI=1S/C22H30FN5O/c1-21(2,3)7-10-27-11-8-22(9-12-27)14-18-24-20(16-5-4-6-17(23)13-16)26-28(18)15-19(29)25-22/h4-6,13H,7-12,14-15H2,1-3H3,(H,25,29). The van der Waals surface area contributed by atoms with Gasteiger partial charge in [0.2, 0.25) is 5.91 Å². The summed E-state index contributed by atoms with van der Waals surface area (Å²) in [4.78, 5) is 19.8. The summed E-state index contributed by atoms with van der Waals surface area (Å²) < 4.78 is 15.3. The Hall–Kier alpha value is -2.28. The summed E-state index contributed by atoms with van der Waals surface area (Å²) in [6.45, 7) is 10.0. The summed E-state index contributed by atoms with van der Waals surface area (Å²) in [6, 6.07) is 6.28. The van der Waals surface area contributed by atoms with Crippen molar-refractivity contribution in [3.8, 4) is 11.4 Å². The molecule has 0 saturated carbocycles. The van der Waals surface area contributed by atoms with Gasteiger partial charge in [-0.15, -0.1) is 0 Å². The van der Waals surface area contributed by atoms with Crippen LogP contribution >= 0.6 is 0 Å². The number of rotatable bonds is 3. The molecule has 3 heterocycles. The van der Waals surface area contributed by atoms with Crippen LogP contribution in [0.5, 0.6) is 0 Å². The van der Waals surface area contributed by atoms with Crippen molar-refractivity contribution in [2.75, 3.05) is 19.6 Å². The second-order valence-corrected chi connectivity index (χ2v) is 9.68. The van der Waals surface area contributed by atoms with Gasteiger partial charge >= 0.3 is 0 Å². The molecule has 29 heavy (non-hydrogen) atoms. The molecule has 1 amide bonds. The highest BCUT2D eigenvalue weighted by Gasteiger charge is 2.40. The van der Waals surface area contributed by atoms with Crippen molar-refractivity contribution in [3.05, 3.63) is 35.9 Å². The Morgan fingerprint density at radius 1 is 1.24 bits per heavy atom. The predicted octanol–water partition coefficient (Wildman–Crippen LogP) is 3.03. The Morgan fingerprint density at radius 3 is 2.69 bits per heavy atom. The third-order valence-corrected chi connectivity index (χ3v) is 6.02. The van der Waals surface area contributed by atoms with E-state index in [2.05, 4.69) is 41.1 Å². The Balaban J connectivity index is 1.50. The average Bonchev–Trinajstić information content (AvgIpc) is 2.97. The highest BCUT2D eigenvalue weighted by Crippen LogP contribution is 2.30. The van der Waals surface area contributed by atoms with E-state index in [1.165, 1.54) is 12.1 Å². The van der Waals surface area contributed by atoms with Crippen molar-refractivity contribution in [1.82, 2.24) is 25.0 Å². The number of amides is 1. The lowest BCUT2D eigenvalue weighted by Crippen LogP contribution is -2.56. The number of aromatic nitrogens is 3. The molecule has 1 saturated heterocycles. The number of halogens is 1. The number of carbonyl (C=O) groups excluding carboxylic acids is 1. The van der Waals surface area contributed by atoms with Crippen molar-refractivity contribution in [2.45, 2.75) is 58.5 Å². The summed E-state index contributed by atoms with van der Waals surface area (Å²) in [7, 11) is 0. The van der Waals surface area contributed by atoms with Gasteiger partial charge in [-0.05, 0) is 43.4 Å². The van der Waals surface area contributed by atoms with Crippen LogP contribution in [0.1, 0.15) is 45.9 Å². The van der Waals surface area contributed by atoms with Crippen molar-refractivity contribution in [3.63, 3.8) is 0 Å². The van der Waals surface area contributed by atoms with E-state index >= 15 is 0 Å². The molecule has 0 unspecified atom stereocenters. The number of nitrogens with zero attached hydrogens (tertiary/aromatic N) is 4. The van der Waals surface area contributed by atoms with E-state index in [1.54, 1.807) is 16.8 Å². The van der Waals surface area contributed by atoms with Gasteiger partial charge in [0.1, 0.15) is 18.2 Å². The lowest BCUT2D eigenvalue weighted by Gasteiger charge is -2.42. The van der Waals surface area contributed by atoms with Crippen molar-refractivity contribution < 1.29 is 9.18 Å². The van der Waals surface area contributed by atoms with E-state index < -0.39 is 0 Å². The number of benzene rings is 1. The first-order valence-corrected chi connectivity index (χ1v) is 10.4. The number of hydrogen-bond donors (Lipinski definition) is 1. The molecule has 1 aromatic heterocycles. The maximum Gasteiger partial charge on any atom is 0.242 e. The van der Waals surface area contributed by atoms with Crippen LogP contribution in [0, 0.1) is 11.2 Å². The monoisotopic (exact) mass is 399 g/mol. The van der Waals surface area contributed by atoms with Gasteiger partial charge in [-0.1, -0.05) is 32.9 Å². The second-order valence-electron chi connectivity index (χ2n) is 9.68. The smallest absolute Gasteiger partial charge is 0.242 e. The largest absolute Gasteiger partial charge is 0.349 e. The molecule has 1 aromatic carbocycles. The molecule has 6 nitrogen and oxygen atoms in total. The Morgan fingerprint density at radius 2 is 2.00 bits per heavy atom. The van der Waals surface area contributed by atoms with Gasteiger partial charge in [0.25, 0.3) is 0 Å². The van der Waals surface area contributed by atoms with E-state index in [0.717, 1.165) is 44.7 Å².